The van der Waals surface area contributed by atoms with E-state index in [4.69, 9.17) is 4.52 Å². The van der Waals surface area contributed by atoms with Crippen LogP contribution in [-0.4, -0.2) is 39.0 Å². The summed E-state index contributed by atoms with van der Waals surface area (Å²) >= 11 is 0. The van der Waals surface area contributed by atoms with E-state index in [-0.39, 0.29) is 18.1 Å². The van der Waals surface area contributed by atoms with Crippen LogP contribution >= 0.6 is 0 Å². The van der Waals surface area contributed by atoms with Gasteiger partial charge in [-0.15, -0.1) is 0 Å². The SMILES string of the molecule is Cc1cccc(-c2noc(CN3N=N[C@@H]4C(=O)N(c5ccc(F)cc5)C(=O)[C@@H]43)n2)c1. The number of fused-ring (bicyclic) bond motifs is 1. The summed E-state index contributed by atoms with van der Waals surface area (Å²) in [6.45, 7) is 1.99. The molecule has 1 aromatic heterocycles. The van der Waals surface area contributed by atoms with Gasteiger partial charge in [0.2, 0.25) is 11.7 Å². The van der Waals surface area contributed by atoms with Crippen LogP contribution in [0.2, 0.25) is 0 Å². The Kier molecular flexibility index (Phi) is 4.12. The molecule has 2 amide bonds. The van der Waals surface area contributed by atoms with Crippen molar-refractivity contribution in [3.05, 3.63) is 65.8 Å². The predicted molar refractivity (Wildman–Crippen MR) is 101 cm³/mol. The second kappa shape index (κ2) is 6.83. The van der Waals surface area contributed by atoms with Crippen LogP contribution in [0.4, 0.5) is 10.1 Å². The lowest BCUT2D eigenvalue weighted by Gasteiger charge is -2.19. The molecule has 2 atom stereocenters. The van der Waals surface area contributed by atoms with Gasteiger partial charge < -0.3 is 4.52 Å². The molecule has 1 fully saturated rings. The molecule has 9 nitrogen and oxygen atoms in total. The highest BCUT2D eigenvalue weighted by atomic mass is 19.1. The second-order valence-electron chi connectivity index (χ2n) is 7.06. The normalized spacial score (nSPS) is 20.3. The van der Waals surface area contributed by atoms with Gasteiger partial charge in [0, 0.05) is 5.56 Å². The first-order chi connectivity index (χ1) is 14.5. The molecular formula is C20H15FN6O3. The quantitative estimate of drug-likeness (QED) is 0.617. The van der Waals surface area contributed by atoms with Crippen molar-refractivity contribution in [1.82, 2.24) is 15.1 Å². The Labute approximate surface area is 169 Å². The minimum absolute atomic E-state index is 0.0275. The van der Waals surface area contributed by atoms with Gasteiger partial charge in [-0.25, -0.2) is 9.29 Å². The van der Waals surface area contributed by atoms with E-state index in [1.54, 1.807) is 0 Å². The number of hydrogen-bond donors (Lipinski definition) is 0. The van der Waals surface area contributed by atoms with Gasteiger partial charge in [-0.05, 0) is 37.3 Å². The van der Waals surface area contributed by atoms with Crippen LogP contribution in [0, 0.1) is 12.7 Å². The molecule has 1 saturated heterocycles. The zero-order valence-corrected chi connectivity index (χ0v) is 15.8. The monoisotopic (exact) mass is 406 g/mol. The van der Waals surface area contributed by atoms with Crippen molar-refractivity contribution < 1.29 is 18.5 Å². The molecule has 2 aromatic carbocycles. The third-order valence-corrected chi connectivity index (χ3v) is 4.98. The van der Waals surface area contributed by atoms with Crippen LogP contribution in [0.3, 0.4) is 0 Å². The van der Waals surface area contributed by atoms with E-state index >= 15 is 0 Å². The maximum absolute atomic E-state index is 13.2. The maximum Gasteiger partial charge on any atom is 0.263 e. The molecule has 2 aliphatic rings. The smallest absolute Gasteiger partial charge is 0.263 e. The average molecular weight is 406 g/mol. The number of aromatic nitrogens is 2. The maximum atomic E-state index is 13.2. The zero-order valence-electron chi connectivity index (χ0n) is 15.8. The molecule has 30 heavy (non-hydrogen) atoms. The van der Waals surface area contributed by atoms with E-state index in [9.17, 15) is 14.0 Å². The van der Waals surface area contributed by atoms with Gasteiger partial charge in [-0.2, -0.15) is 10.1 Å². The largest absolute Gasteiger partial charge is 0.337 e. The van der Waals surface area contributed by atoms with Gasteiger partial charge in [-0.3, -0.25) is 14.6 Å². The van der Waals surface area contributed by atoms with Crippen molar-refractivity contribution in [1.29, 1.82) is 0 Å². The summed E-state index contributed by atoms with van der Waals surface area (Å²) in [6.07, 6.45) is 0. The van der Waals surface area contributed by atoms with Crippen LogP contribution in [0.1, 0.15) is 11.5 Å². The lowest BCUT2D eigenvalue weighted by atomic mass is 10.1. The predicted octanol–water partition coefficient (Wildman–Crippen LogP) is 2.68. The number of halogens is 1. The van der Waals surface area contributed by atoms with E-state index in [1.165, 1.54) is 29.3 Å². The van der Waals surface area contributed by atoms with Crippen molar-refractivity contribution in [2.45, 2.75) is 25.6 Å². The molecule has 0 unspecified atom stereocenters. The number of benzene rings is 2. The van der Waals surface area contributed by atoms with Crippen LogP contribution in [0.5, 0.6) is 0 Å². The highest BCUT2D eigenvalue weighted by Crippen LogP contribution is 2.32. The number of hydrogen-bond acceptors (Lipinski definition) is 8. The molecule has 0 aliphatic carbocycles. The fourth-order valence-corrected chi connectivity index (χ4v) is 3.56. The Morgan fingerprint density at radius 2 is 1.90 bits per heavy atom. The fourth-order valence-electron chi connectivity index (χ4n) is 3.56. The first kappa shape index (κ1) is 18.1. The van der Waals surface area contributed by atoms with Crippen molar-refractivity contribution in [2.24, 2.45) is 10.3 Å². The molecule has 0 spiro atoms. The van der Waals surface area contributed by atoms with Gasteiger partial charge in [0.1, 0.15) is 12.4 Å². The van der Waals surface area contributed by atoms with Crippen molar-refractivity contribution in [3.8, 4) is 11.4 Å². The lowest BCUT2D eigenvalue weighted by molar-refractivity contribution is -0.123. The van der Waals surface area contributed by atoms with E-state index < -0.39 is 29.7 Å². The summed E-state index contributed by atoms with van der Waals surface area (Å²) < 4.78 is 18.5. The van der Waals surface area contributed by atoms with Crippen LogP contribution in [0.15, 0.2) is 63.4 Å². The van der Waals surface area contributed by atoms with E-state index in [0.717, 1.165) is 16.0 Å². The van der Waals surface area contributed by atoms with Crippen molar-refractivity contribution >= 4 is 17.5 Å². The Morgan fingerprint density at radius 3 is 2.67 bits per heavy atom. The molecule has 5 rings (SSSR count). The fraction of sp³-hybridized carbons (Fsp3) is 0.200. The van der Waals surface area contributed by atoms with Crippen molar-refractivity contribution in [3.63, 3.8) is 0 Å². The van der Waals surface area contributed by atoms with Crippen LogP contribution in [0.25, 0.3) is 11.4 Å². The number of anilines is 1. The summed E-state index contributed by atoms with van der Waals surface area (Å²) in [6, 6.07) is 10.9. The molecule has 0 saturated carbocycles. The topological polar surface area (TPSA) is 104 Å². The highest BCUT2D eigenvalue weighted by molar-refractivity contribution is 6.25. The molecule has 3 aromatic rings. The standard InChI is InChI=1S/C20H15FN6O3/c1-11-3-2-4-12(9-11)18-22-15(30-24-18)10-26-17-16(23-25-26)19(28)27(20(17)29)14-7-5-13(21)6-8-14/h2-9,16-17H,10H2,1H3/t16-,17+/m0/s1. The van der Waals surface area contributed by atoms with E-state index in [2.05, 4.69) is 20.5 Å². The summed E-state index contributed by atoms with van der Waals surface area (Å²) in [7, 11) is 0. The van der Waals surface area contributed by atoms with Gasteiger partial charge >= 0.3 is 0 Å². The number of imide groups is 1. The Morgan fingerprint density at radius 1 is 1.10 bits per heavy atom. The molecule has 0 bridgehead atoms. The van der Waals surface area contributed by atoms with Gasteiger partial charge in [-0.1, -0.05) is 34.1 Å². The first-order valence-corrected chi connectivity index (χ1v) is 9.22. The van der Waals surface area contributed by atoms with E-state index in [1.807, 2.05) is 31.2 Å². The Bertz CT molecular complexity index is 1180. The molecular weight excluding hydrogens is 391 g/mol. The lowest BCUT2D eigenvalue weighted by Crippen LogP contribution is -2.39. The second-order valence-corrected chi connectivity index (χ2v) is 7.06. The molecule has 10 heteroatoms. The molecule has 2 aliphatic heterocycles. The van der Waals surface area contributed by atoms with Gasteiger partial charge in [0.25, 0.3) is 11.8 Å². The summed E-state index contributed by atoms with van der Waals surface area (Å²) in [5, 5.41) is 13.2. The summed E-state index contributed by atoms with van der Waals surface area (Å²) in [5.74, 6) is -0.788. The Hall–Kier alpha value is -3.95. The van der Waals surface area contributed by atoms with Gasteiger partial charge in [0.15, 0.2) is 12.1 Å². The van der Waals surface area contributed by atoms with Crippen molar-refractivity contribution in [2.75, 3.05) is 4.90 Å². The van der Waals surface area contributed by atoms with Crippen LogP contribution in [-0.2, 0) is 16.1 Å². The number of amides is 2. The zero-order chi connectivity index (χ0) is 20.8. The third-order valence-electron chi connectivity index (χ3n) is 4.98. The average Bonchev–Trinajstić information content (AvgIpc) is 3.42. The molecule has 150 valence electrons. The summed E-state index contributed by atoms with van der Waals surface area (Å²) in [5.41, 5.74) is 2.15. The number of aryl methyl sites for hydroxylation is 1. The highest BCUT2D eigenvalue weighted by Gasteiger charge is 2.55. The number of nitrogens with zero attached hydrogens (tertiary/aromatic N) is 6. The van der Waals surface area contributed by atoms with Gasteiger partial charge in [0.05, 0.1) is 5.69 Å². The third kappa shape index (κ3) is 2.93. The van der Waals surface area contributed by atoms with E-state index in [0.29, 0.717) is 5.82 Å². The minimum atomic E-state index is -0.957. The molecule has 0 radical (unpaired) electrons. The van der Waals surface area contributed by atoms with Crippen LogP contribution < -0.4 is 4.90 Å². The summed E-state index contributed by atoms with van der Waals surface area (Å²) in [4.78, 5) is 31.0. The number of carbonyl (C=O) groups excluding carboxylic acids is 2. The molecule has 3 heterocycles. The minimum Gasteiger partial charge on any atom is -0.337 e. The Balaban J connectivity index is 1.36. The number of carbonyl (C=O) groups is 2. The first-order valence-electron chi connectivity index (χ1n) is 9.22. The number of rotatable bonds is 4. The molecule has 0 N–H and O–H groups in total.